The molecule has 0 unspecified atom stereocenters. The quantitative estimate of drug-likeness (QED) is 0.521. The van der Waals surface area contributed by atoms with Crippen molar-refractivity contribution in [1.29, 1.82) is 0 Å². The smallest absolute Gasteiger partial charge is 0.368 e. The van der Waals surface area contributed by atoms with E-state index in [0.717, 1.165) is 18.3 Å². The van der Waals surface area contributed by atoms with Gasteiger partial charge < -0.3 is 16.0 Å². The molecule has 150 valence electrons. The first-order chi connectivity index (χ1) is 13.9. The average molecular weight is 403 g/mol. The molecule has 0 atom stereocenters. The van der Waals surface area contributed by atoms with Crippen LogP contribution in [-0.2, 0) is 6.18 Å². The fraction of sp³-hybridized carbons (Fsp3) is 0.167. The van der Waals surface area contributed by atoms with Crippen LogP contribution in [0, 0.1) is 0 Å². The van der Waals surface area contributed by atoms with E-state index < -0.39 is 17.8 Å². The van der Waals surface area contributed by atoms with Gasteiger partial charge in [-0.2, -0.15) is 13.2 Å². The van der Waals surface area contributed by atoms with Crippen LogP contribution < -0.4 is 16.0 Å². The zero-order valence-corrected chi connectivity index (χ0v) is 14.9. The van der Waals surface area contributed by atoms with Gasteiger partial charge in [-0.1, -0.05) is 6.07 Å². The molecule has 3 aromatic heterocycles. The average Bonchev–Trinajstić information content (AvgIpc) is 2.71. The van der Waals surface area contributed by atoms with Crippen molar-refractivity contribution in [2.45, 2.75) is 6.18 Å². The third-order valence-electron chi connectivity index (χ3n) is 3.62. The van der Waals surface area contributed by atoms with Gasteiger partial charge in [-0.15, -0.1) is 0 Å². The molecule has 0 aliphatic rings. The van der Waals surface area contributed by atoms with Gasteiger partial charge in [-0.05, 0) is 24.3 Å². The molecule has 0 fully saturated rings. The lowest BCUT2D eigenvalue weighted by atomic mass is 10.2. The van der Waals surface area contributed by atoms with E-state index >= 15 is 0 Å². The number of carbonyl (C=O) groups excluding carboxylic acids is 1. The molecular weight excluding hydrogens is 387 g/mol. The van der Waals surface area contributed by atoms with E-state index in [-0.39, 0.29) is 12.1 Å². The standard InChI is InChI=1S/C18H16F3N7O/c19-18(20,21)13-5-4-12(10-25-13)17(29)24-8-7-23-15-9-16(27-11-26-15)28-14-3-1-2-6-22-14/h1-6,9-11H,7-8H2,(H,24,29)(H2,22,23,26,27,28). The molecule has 0 aromatic carbocycles. The Morgan fingerprint density at radius 1 is 0.931 bits per heavy atom. The number of nitrogens with zero attached hydrogens (tertiary/aromatic N) is 4. The minimum absolute atomic E-state index is 0.0434. The summed E-state index contributed by atoms with van der Waals surface area (Å²) in [7, 11) is 0. The molecule has 0 bridgehead atoms. The van der Waals surface area contributed by atoms with Gasteiger partial charge in [0.2, 0.25) is 0 Å². The van der Waals surface area contributed by atoms with Gasteiger partial charge in [0.15, 0.2) is 0 Å². The van der Waals surface area contributed by atoms with Gasteiger partial charge in [0.25, 0.3) is 5.91 Å². The molecule has 0 saturated heterocycles. The number of halogens is 3. The molecule has 3 aromatic rings. The third-order valence-corrected chi connectivity index (χ3v) is 3.62. The van der Waals surface area contributed by atoms with Crippen molar-refractivity contribution in [1.82, 2.24) is 25.3 Å². The van der Waals surface area contributed by atoms with Gasteiger partial charge in [-0.3, -0.25) is 9.78 Å². The summed E-state index contributed by atoms with van der Waals surface area (Å²) in [6.45, 7) is 0.576. The number of hydrogen-bond donors (Lipinski definition) is 3. The molecule has 29 heavy (non-hydrogen) atoms. The summed E-state index contributed by atoms with van der Waals surface area (Å²) < 4.78 is 37.5. The Morgan fingerprint density at radius 3 is 2.45 bits per heavy atom. The molecule has 3 heterocycles. The Bertz CT molecular complexity index is 950. The summed E-state index contributed by atoms with van der Waals surface area (Å²) in [6, 6.07) is 8.96. The Kier molecular flexibility index (Phi) is 6.17. The normalized spacial score (nSPS) is 11.0. The summed E-state index contributed by atoms with van der Waals surface area (Å²) in [4.78, 5) is 27.5. The van der Waals surface area contributed by atoms with Gasteiger partial charge in [0, 0.05) is 31.5 Å². The zero-order chi connectivity index (χ0) is 20.7. The Labute approximate surface area is 163 Å². The summed E-state index contributed by atoms with van der Waals surface area (Å²) in [5.74, 6) is 1.19. The number of amides is 1. The molecule has 0 radical (unpaired) electrons. The van der Waals surface area contributed by atoms with Crippen LogP contribution in [0.3, 0.4) is 0 Å². The molecular formula is C18H16F3N7O. The number of rotatable bonds is 7. The van der Waals surface area contributed by atoms with Crippen molar-refractivity contribution in [2.24, 2.45) is 0 Å². The van der Waals surface area contributed by atoms with Crippen molar-refractivity contribution in [3.63, 3.8) is 0 Å². The third kappa shape index (κ3) is 5.86. The largest absolute Gasteiger partial charge is 0.433 e. The van der Waals surface area contributed by atoms with E-state index in [1.54, 1.807) is 24.4 Å². The lowest BCUT2D eigenvalue weighted by Gasteiger charge is -2.09. The highest BCUT2D eigenvalue weighted by Gasteiger charge is 2.32. The maximum absolute atomic E-state index is 12.5. The van der Waals surface area contributed by atoms with Gasteiger partial charge in [-0.25, -0.2) is 15.0 Å². The maximum Gasteiger partial charge on any atom is 0.433 e. The first-order valence-electron chi connectivity index (χ1n) is 8.47. The molecule has 8 nitrogen and oxygen atoms in total. The fourth-order valence-corrected chi connectivity index (χ4v) is 2.25. The maximum atomic E-state index is 12.5. The number of aromatic nitrogens is 4. The van der Waals surface area contributed by atoms with E-state index in [1.807, 2.05) is 6.07 Å². The summed E-state index contributed by atoms with van der Waals surface area (Å²) >= 11 is 0. The van der Waals surface area contributed by atoms with Crippen LogP contribution in [0.15, 0.2) is 55.1 Å². The van der Waals surface area contributed by atoms with Crippen LogP contribution in [0.1, 0.15) is 16.1 Å². The number of pyridine rings is 2. The summed E-state index contributed by atoms with van der Waals surface area (Å²) in [5, 5.41) is 8.64. The molecule has 0 spiro atoms. The van der Waals surface area contributed by atoms with E-state index in [9.17, 15) is 18.0 Å². The Morgan fingerprint density at radius 2 is 1.76 bits per heavy atom. The second-order valence-electron chi connectivity index (χ2n) is 5.74. The number of hydrogen-bond acceptors (Lipinski definition) is 7. The SMILES string of the molecule is O=C(NCCNc1cc(Nc2ccccn2)ncn1)c1ccc(C(F)(F)F)nc1. The van der Waals surface area contributed by atoms with Crippen molar-refractivity contribution in [3.05, 3.63) is 66.4 Å². The Balaban J connectivity index is 1.46. The van der Waals surface area contributed by atoms with Gasteiger partial charge in [0.05, 0.1) is 5.56 Å². The van der Waals surface area contributed by atoms with Crippen molar-refractivity contribution in [3.8, 4) is 0 Å². The highest BCUT2D eigenvalue weighted by Crippen LogP contribution is 2.27. The second kappa shape index (κ2) is 8.95. The first-order valence-corrected chi connectivity index (χ1v) is 8.47. The fourth-order valence-electron chi connectivity index (χ4n) is 2.25. The van der Waals surface area contributed by atoms with Crippen LogP contribution in [0.4, 0.5) is 30.6 Å². The summed E-state index contributed by atoms with van der Waals surface area (Å²) in [5.41, 5.74) is -1.00. The van der Waals surface area contributed by atoms with Crippen LogP contribution in [-0.4, -0.2) is 38.9 Å². The highest BCUT2D eigenvalue weighted by molar-refractivity contribution is 5.93. The lowest BCUT2D eigenvalue weighted by molar-refractivity contribution is -0.141. The molecule has 0 saturated carbocycles. The predicted molar refractivity (Wildman–Crippen MR) is 99.6 cm³/mol. The van der Waals surface area contributed by atoms with Gasteiger partial charge in [0.1, 0.15) is 29.5 Å². The minimum Gasteiger partial charge on any atom is -0.368 e. The molecule has 11 heteroatoms. The van der Waals surface area contributed by atoms with E-state index in [2.05, 4.69) is 35.9 Å². The zero-order valence-electron chi connectivity index (χ0n) is 14.9. The van der Waals surface area contributed by atoms with Gasteiger partial charge >= 0.3 is 6.18 Å². The first kappa shape index (κ1) is 20.0. The molecule has 3 rings (SSSR count). The number of nitrogens with one attached hydrogen (secondary N) is 3. The minimum atomic E-state index is -4.54. The second-order valence-corrected chi connectivity index (χ2v) is 5.74. The topological polar surface area (TPSA) is 105 Å². The monoisotopic (exact) mass is 403 g/mol. The van der Waals surface area contributed by atoms with E-state index in [4.69, 9.17) is 0 Å². The Hall–Kier alpha value is -3.76. The van der Waals surface area contributed by atoms with Crippen molar-refractivity contribution >= 4 is 23.4 Å². The van der Waals surface area contributed by atoms with Crippen LogP contribution in [0.5, 0.6) is 0 Å². The van der Waals surface area contributed by atoms with Crippen molar-refractivity contribution < 1.29 is 18.0 Å². The molecule has 0 aliphatic heterocycles. The summed E-state index contributed by atoms with van der Waals surface area (Å²) in [6.07, 6.45) is -0.621. The van der Waals surface area contributed by atoms with Crippen LogP contribution in [0.25, 0.3) is 0 Å². The lowest BCUT2D eigenvalue weighted by Crippen LogP contribution is -2.29. The van der Waals surface area contributed by atoms with Crippen LogP contribution in [0.2, 0.25) is 0 Å². The van der Waals surface area contributed by atoms with Crippen LogP contribution >= 0.6 is 0 Å². The molecule has 3 N–H and O–H groups in total. The number of carbonyl (C=O) groups is 1. The number of anilines is 3. The predicted octanol–water partition coefficient (Wildman–Crippen LogP) is 2.87. The van der Waals surface area contributed by atoms with Crippen molar-refractivity contribution in [2.75, 3.05) is 23.7 Å². The molecule has 1 amide bonds. The van der Waals surface area contributed by atoms with E-state index in [1.165, 1.54) is 6.33 Å². The molecule has 0 aliphatic carbocycles. The van der Waals surface area contributed by atoms with E-state index in [0.29, 0.717) is 24.0 Å². The number of alkyl halides is 3. The highest BCUT2D eigenvalue weighted by atomic mass is 19.4.